The minimum Gasteiger partial charge on any atom is -0.380 e. The summed E-state index contributed by atoms with van der Waals surface area (Å²) in [4.78, 5) is 0. The third-order valence-electron chi connectivity index (χ3n) is 2.82. The summed E-state index contributed by atoms with van der Waals surface area (Å²) in [5.74, 6) is -0.995. The van der Waals surface area contributed by atoms with Crippen molar-refractivity contribution in [2.75, 3.05) is 19.8 Å². The number of ether oxygens (including phenoxy) is 1. The highest BCUT2D eigenvalue weighted by Gasteiger charge is 2.32. The smallest absolute Gasteiger partial charge is 0.130 e. The molecule has 1 heterocycles. The molecule has 0 amide bonds. The van der Waals surface area contributed by atoms with E-state index in [0.717, 1.165) is 0 Å². The van der Waals surface area contributed by atoms with Crippen molar-refractivity contribution in [2.45, 2.75) is 13.5 Å². The van der Waals surface area contributed by atoms with Crippen LogP contribution in [0.15, 0.2) is 18.2 Å². The van der Waals surface area contributed by atoms with E-state index in [1.54, 1.807) is 0 Å². The lowest BCUT2D eigenvalue weighted by Gasteiger charge is -2.38. The van der Waals surface area contributed by atoms with E-state index in [2.05, 4.69) is 12.2 Å². The molecule has 0 aromatic heterocycles. The molecular formula is C12H15F2NO. The van der Waals surface area contributed by atoms with Crippen molar-refractivity contribution in [3.05, 3.63) is 35.4 Å². The van der Waals surface area contributed by atoms with Crippen LogP contribution in [-0.4, -0.2) is 19.8 Å². The van der Waals surface area contributed by atoms with Crippen LogP contribution < -0.4 is 5.32 Å². The van der Waals surface area contributed by atoms with E-state index in [9.17, 15) is 8.78 Å². The van der Waals surface area contributed by atoms with Gasteiger partial charge >= 0.3 is 0 Å². The maximum Gasteiger partial charge on any atom is 0.130 e. The molecule has 1 aromatic rings. The Morgan fingerprint density at radius 3 is 2.44 bits per heavy atom. The summed E-state index contributed by atoms with van der Waals surface area (Å²) < 4.78 is 31.6. The van der Waals surface area contributed by atoms with E-state index in [-0.39, 0.29) is 17.5 Å². The van der Waals surface area contributed by atoms with Crippen molar-refractivity contribution in [3.8, 4) is 0 Å². The zero-order valence-electron chi connectivity index (χ0n) is 9.22. The maximum absolute atomic E-state index is 13.3. The molecular weight excluding hydrogens is 212 g/mol. The Hall–Kier alpha value is -1.00. The Labute approximate surface area is 93.6 Å². The summed E-state index contributed by atoms with van der Waals surface area (Å²) in [6, 6.07) is 3.91. The van der Waals surface area contributed by atoms with Crippen molar-refractivity contribution in [1.29, 1.82) is 0 Å². The molecule has 16 heavy (non-hydrogen) atoms. The van der Waals surface area contributed by atoms with Crippen LogP contribution in [0.1, 0.15) is 12.5 Å². The van der Waals surface area contributed by atoms with Gasteiger partial charge in [0.2, 0.25) is 0 Å². The molecule has 1 fully saturated rings. The van der Waals surface area contributed by atoms with Crippen molar-refractivity contribution in [2.24, 2.45) is 5.41 Å². The highest BCUT2D eigenvalue weighted by atomic mass is 19.1. The molecule has 1 aromatic carbocycles. The number of benzene rings is 1. The third kappa shape index (κ3) is 2.39. The first-order valence-corrected chi connectivity index (χ1v) is 5.32. The maximum atomic E-state index is 13.3. The van der Waals surface area contributed by atoms with E-state index >= 15 is 0 Å². The van der Waals surface area contributed by atoms with Gasteiger partial charge in [0.1, 0.15) is 11.6 Å². The van der Waals surface area contributed by atoms with Gasteiger partial charge in [-0.15, -0.1) is 0 Å². The summed E-state index contributed by atoms with van der Waals surface area (Å²) in [6.07, 6.45) is 0. The van der Waals surface area contributed by atoms with E-state index in [1.165, 1.54) is 18.2 Å². The highest BCUT2D eigenvalue weighted by molar-refractivity contribution is 5.19. The summed E-state index contributed by atoms with van der Waals surface area (Å²) in [5.41, 5.74) is 0.216. The monoisotopic (exact) mass is 227 g/mol. The topological polar surface area (TPSA) is 21.3 Å². The minimum absolute atomic E-state index is 0.103. The van der Waals surface area contributed by atoms with Gasteiger partial charge in [-0.3, -0.25) is 0 Å². The second-order valence-corrected chi connectivity index (χ2v) is 4.61. The molecule has 2 rings (SSSR count). The molecule has 1 aliphatic heterocycles. The van der Waals surface area contributed by atoms with E-state index in [1.807, 2.05) is 0 Å². The van der Waals surface area contributed by atoms with Crippen molar-refractivity contribution in [3.63, 3.8) is 0 Å². The Morgan fingerprint density at radius 1 is 1.31 bits per heavy atom. The molecule has 0 unspecified atom stereocenters. The van der Waals surface area contributed by atoms with Crippen LogP contribution in [0.5, 0.6) is 0 Å². The fraction of sp³-hybridized carbons (Fsp3) is 0.500. The van der Waals surface area contributed by atoms with Gasteiger partial charge in [0, 0.05) is 24.1 Å². The average Bonchev–Trinajstić information content (AvgIpc) is 2.20. The van der Waals surface area contributed by atoms with Gasteiger partial charge in [-0.25, -0.2) is 8.78 Å². The highest BCUT2D eigenvalue weighted by Crippen LogP contribution is 2.25. The van der Waals surface area contributed by atoms with E-state index < -0.39 is 11.6 Å². The van der Waals surface area contributed by atoms with Crippen LogP contribution in [-0.2, 0) is 11.3 Å². The van der Waals surface area contributed by atoms with E-state index in [0.29, 0.717) is 19.8 Å². The fourth-order valence-electron chi connectivity index (χ4n) is 1.74. The van der Waals surface area contributed by atoms with Gasteiger partial charge in [-0.05, 0) is 12.1 Å². The van der Waals surface area contributed by atoms with Crippen LogP contribution in [0.2, 0.25) is 0 Å². The fourth-order valence-corrected chi connectivity index (χ4v) is 1.74. The Kier molecular flexibility index (Phi) is 3.21. The number of nitrogens with one attached hydrogen (secondary N) is 1. The molecule has 88 valence electrons. The minimum atomic E-state index is -0.498. The first-order chi connectivity index (χ1) is 7.61. The van der Waals surface area contributed by atoms with Crippen LogP contribution in [0.4, 0.5) is 8.78 Å². The molecule has 0 saturated carbocycles. The van der Waals surface area contributed by atoms with E-state index in [4.69, 9.17) is 4.74 Å². The SMILES string of the molecule is CC1(CNCc2c(F)cccc2F)COC1. The van der Waals surface area contributed by atoms with Crippen LogP contribution in [0.25, 0.3) is 0 Å². The Balaban J connectivity index is 1.89. The molecule has 1 saturated heterocycles. The Bertz CT molecular complexity index is 357. The van der Waals surface area contributed by atoms with Gasteiger partial charge in [0.05, 0.1) is 13.2 Å². The normalized spacial score (nSPS) is 18.2. The van der Waals surface area contributed by atoms with Gasteiger partial charge in [-0.1, -0.05) is 13.0 Å². The van der Waals surface area contributed by atoms with Crippen molar-refractivity contribution >= 4 is 0 Å². The molecule has 2 nitrogen and oxygen atoms in total. The van der Waals surface area contributed by atoms with Gasteiger partial charge in [-0.2, -0.15) is 0 Å². The second kappa shape index (κ2) is 4.47. The summed E-state index contributed by atoms with van der Waals surface area (Å²) in [5, 5.41) is 3.07. The summed E-state index contributed by atoms with van der Waals surface area (Å²) in [7, 11) is 0. The zero-order valence-corrected chi connectivity index (χ0v) is 9.22. The molecule has 0 bridgehead atoms. The van der Waals surface area contributed by atoms with Crippen molar-refractivity contribution < 1.29 is 13.5 Å². The third-order valence-corrected chi connectivity index (χ3v) is 2.82. The quantitative estimate of drug-likeness (QED) is 0.850. The standard InChI is InChI=1S/C12H15F2NO/c1-12(7-16-8-12)6-15-5-9-10(13)3-2-4-11(9)14/h2-4,15H,5-8H2,1H3. The largest absolute Gasteiger partial charge is 0.380 e. The van der Waals surface area contributed by atoms with Gasteiger partial charge in [0.25, 0.3) is 0 Å². The molecule has 0 spiro atoms. The lowest BCUT2D eigenvalue weighted by molar-refractivity contribution is -0.0991. The molecule has 1 N–H and O–H groups in total. The lowest BCUT2D eigenvalue weighted by atomic mass is 9.89. The second-order valence-electron chi connectivity index (χ2n) is 4.61. The van der Waals surface area contributed by atoms with Crippen LogP contribution >= 0.6 is 0 Å². The summed E-state index contributed by atoms with van der Waals surface area (Å²) in [6.45, 7) is 4.43. The van der Waals surface area contributed by atoms with Gasteiger partial charge < -0.3 is 10.1 Å². The first-order valence-electron chi connectivity index (χ1n) is 5.32. The van der Waals surface area contributed by atoms with Crippen LogP contribution in [0, 0.1) is 17.0 Å². The lowest BCUT2D eigenvalue weighted by Crippen LogP contribution is -2.47. The molecule has 0 radical (unpaired) electrons. The number of rotatable bonds is 4. The number of halogens is 2. The molecule has 0 atom stereocenters. The molecule has 1 aliphatic rings. The molecule has 0 aliphatic carbocycles. The average molecular weight is 227 g/mol. The predicted molar refractivity (Wildman–Crippen MR) is 57.0 cm³/mol. The molecule has 4 heteroatoms. The first kappa shape index (κ1) is 11.5. The number of hydrogen-bond donors (Lipinski definition) is 1. The zero-order chi connectivity index (χ0) is 11.6. The van der Waals surface area contributed by atoms with Gasteiger partial charge in [0.15, 0.2) is 0 Å². The predicted octanol–water partition coefficient (Wildman–Crippen LogP) is 2.09. The van der Waals surface area contributed by atoms with Crippen molar-refractivity contribution in [1.82, 2.24) is 5.32 Å². The Morgan fingerprint density at radius 2 is 1.94 bits per heavy atom. The van der Waals surface area contributed by atoms with Crippen LogP contribution in [0.3, 0.4) is 0 Å². The number of hydrogen-bond acceptors (Lipinski definition) is 2. The summed E-state index contributed by atoms with van der Waals surface area (Å²) >= 11 is 0.